The minimum atomic E-state index is 0.721. The van der Waals surface area contributed by atoms with E-state index in [1.807, 2.05) is 0 Å². The lowest BCUT2D eigenvalue weighted by Crippen LogP contribution is -1.99. The second-order valence-corrected chi connectivity index (χ2v) is 8.11. The fourth-order valence-electron chi connectivity index (χ4n) is 4.30. The van der Waals surface area contributed by atoms with Crippen molar-refractivity contribution in [3.63, 3.8) is 0 Å². The Kier molecular flexibility index (Phi) is 5.85. The van der Waals surface area contributed by atoms with Crippen LogP contribution in [0.25, 0.3) is 11.1 Å². The smallest absolute Gasteiger partial charge is 0.127 e. The van der Waals surface area contributed by atoms with Crippen molar-refractivity contribution in [1.82, 2.24) is 0 Å². The summed E-state index contributed by atoms with van der Waals surface area (Å²) in [7, 11) is 0. The first-order valence-corrected chi connectivity index (χ1v) is 10.8. The van der Waals surface area contributed by atoms with Crippen LogP contribution < -0.4 is 4.74 Å². The van der Waals surface area contributed by atoms with Gasteiger partial charge in [0.1, 0.15) is 5.75 Å². The van der Waals surface area contributed by atoms with E-state index in [2.05, 4.69) is 87.5 Å². The van der Waals surface area contributed by atoms with E-state index in [-0.39, 0.29) is 0 Å². The monoisotopic (exact) mass is 382 g/mol. The van der Waals surface area contributed by atoms with Gasteiger partial charge in [0, 0.05) is 12.0 Å². The minimum absolute atomic E-state index is 0.721. The third kappa shape index (κ3) is 4.29. The van der Waals surface area contributed by atoms with E-state index in [0.29, 0.717) is 0 Å². The fraction of sp³-hybridized carbons (Fsp3) is 0.286. The number of ether oxygens (including phenoxy) is 1. The van der Waals surface area contributed by atoms with Crippen molar-refractivity contribution in [3.05, 3.63) is 100 Å². The third-order valence-corrected chi connectivity index (χ3v) is 5.85. The van der Waals surface area contributed by atoms with Crippen LogP contribution in [0.15, 0.2) is 66.7 Å². The van der Waals surface area contributed by atoms with Crippen molar-refractivity contribution < 1.29 is 4.74 Å². The van der Waals surface area contributed by atoms with Gasteiger partial charge in [0.05, 0.1) is 6.61 Å². The van der Waals surface area contributed by atoms with Crippen molar-refractivity contribution in [2.45, 2.75) is 46.5 Å². The molecule has 0 amide bonds. The van der Waals surface area contributed by atoms with Gasteiger partial charge in [0.25, 0.3) is 0 Å². The van der Waals surface area contributed by atoms with Gasteiger partial charge in [-0.3, -0.25) is 0 Å². The van der Waals surface area contributed by atoms with E-state index >= 15 is 0 Å². The van der Waals surface area contributed by atoms with Gasteiger partial charge < -0.3 is 4.74 Å². The average Bonchev–Trinajstić information content (AvgIpc) is 2.89. The van der Waals surface area contributed by atoms with Crippen molar-refractivity contribution in [2.75, 3.05) is 6.61 Å². The summed E-state index contributed by atoms with van der Waals surface area (Å²) in [5.41, 5.74) is 10.8. The number of allylic oxidation sites excluding steroid dienone is 1. The number of fused-ring (bicyclic) bond motifs is 1. The molecular formula is C28H30O. The van der Waals surface area contributed by atoms with Crippen molar-refractivity contribution in [3.8, 4) is 5.75 Å². The molecule has 0 bridgehead atoms. The number of rotatable bonds is 5. The SMILES string of the molecule is CCCc1ccc(CC2=C(c3ccccc3C)CCOc3cc(C)ccc32)cc1. The summed E-state index contributed by atoms with van der Waals surface area (Å²) in [6.45, 7) is 7.30. The number of benzene rings is 3. The predicted molar refractivity (Wildman–Crippen MR) is 123 cm³/mol. The summed E-state index contributed by atoms with van der Waals surface area (Å²) >= 11 is 0. The molecule has 0 saturated carbocycles. The average molecular weight is 383 g/mol. The predicted octanol–water partition coefficient (Wildman–Crippen LogP) is 7.19. The zero-order valence-electron chi connectivity index (χ0n) is 17.8. The molecule has 1 aliphatic rings. The maximum atomic E-state index is 6.20. The van der Waals surface area contributed by atoms with E-state index in [4.69, 9.17) is 4.74 Å². The Morgan fingerprint density at radius 3 is 2.34 bits per heavy atom. The molecule has 0 fully saturated rings. The Balaban J connectivity index is 1.83. The Morgan fingerprint density at radius 1 is 0.828 bits per heavy atom. The molecule has 1 heteroatoms. The minimum Gasteiger partial charge on any atom is -0.493 e. The summed E-state index contributed by atoms with van der Waals surface area (Å²) in [5.74, 6) is 1.02. The van der Waals surface area contributed by atoms with E-state index in [1.54, 1.807) is 0 Å². The lowest BCUT2D eigenvalue weighted by Gasteiger charge is -2.17. The molecule has 0 saturated heterocycles. The van der Waals surface area contributed by atoms with Crippen LogP contribution in [0.4, 0.5) is 0 Å². The van der Waals surface area contributed by atoms with Crippen LogP contribution in [0.2, 0.25) is 0 Å². The Morgan fingerprint density at radius 2 is 1.59 bits per heavy atom. The lowest BCUT2D eigenvalue weighted by atomic mass is 9.87. The Labute approximate surface area is 175 Å². The standard InChI is InChI=1S/C28H30O/c1-4-7-22-11-13-23(14-12-22)19-27-25(24-9-6-5-8-21(24)3)16-17-29-28-18-20(2)10-15-26(27)28/h5-6,8-15,18H,4,7,16-17,19H2,1-3H3. The summed E-state index contributed by atoms with van der Waals surface area (Å²) in [6.07, 6.45) is 4.19. The van der Waals surface area contributed by atoms with Crippen LogP contribution in [0, 0.1) is 13.8 Å². The summed E-state index contributed by atoms with van der Waals surface area (Å²) in [5, 5.41) is 0. The van der Waals surface area contributed by atoms with Crippen molar-refractivity contribution in [1.29, 1.82) is 0 Å². The lowest BCUT2D eigenvalue weighted by molar-refractivity contribution is 0.328. The van der Waals surface area contributed by atoms with Crippen LogP contribution in [0.1, 0.15) is 53.1 Å². The van der Waals surface area contributed by atoms with Gasteiger partial charge in [0.15, 0.2) is 0 Å². The second-order valence-electron chi connectivity index (χ2n) is 8.11. The van der Waals surface area contributed by atoms with Crippen LogP contribution in [0.5, 0.6) is 5.75 Å². The highest BCUT2D eigenvalue weighted by Gasteiger charge is 2.20. The van der Waals surface area contributed by atoms with Gasteiger partial charge in [-0.15, -0.1) is 0 Å². The quantitative estimate of drug-likeness (QED) is 0.453. The fourth-order valence-corrected chi connectivity index (χ4v) is 4.30. The molecular weight excluding hydrogens is 352 g/mol. The summed E-state index contributed by atoms with van der Waals surface area (Å²) < 4.78 is 6.20. The zero-order valence-corrected chi connectivity index (χ0v) is 17.8. The molecule has 1 aliphatic heterocycles. The highest BCUT2D eigenvalue weighted by atomic mass is 16.5. The molecule has 0 N–H and O–H groups in total. The largest absolute Gasteiger partial charge is 0.493 e. The van der Waals surface area contributed by atoms with Gasteiger partial charge >= 0.3 is 0 Å². The van der Waals surface area contributed by atoms with Crippen LogP contribution >= 0.6 is 0 Å². The first-order chi connectivity index (χ1) is 14.2. The van der Waals surface area contributed by atoms with E-state index < -0.39 is 0 Å². The van der Waals surface area contributed by atoms with Crippen LogP contribution in [-0.2, 0) is 12.8 Å². The van der Waals surface area contributed by atoms with Gasteiger partial charge in [-0.1, -0.05) is 74.0 Å². The maximum Gasteiger partial charge on any atom is 0.127 e. The molecule has 0 aromatic heterocycles. The number of hydrogen-bond acceptors (Lipinski definition) is 1. The Bertz CT molecular complexity index is 1020. The molecule has 29 heavy (non-hydrogen) atoms. The summed E-state index contributed by atoms with van der Waals surface area (Å²) in [4.78, 5) is 0. The zero-order chi connectivity index (χ0) is 20.2. The molecule has 1 nitrogen and oxygen atoms in total. The van der Waals surface area contributed by atoms with E-state index in [9.17, 15) is 0 Å². The second kappa shape index (κ2) is 8.69. The molecule has 4 rings (SSSR count). The molecule has 0 radical (unpaired) electrons. The molecule has 148 valence electrons. The van der Waals surface area contributed by atoms with E-state index in [0.717, 1.165) is 31.6 Å². The number of aryl methyl sites for hydroxylation is 3. The van der Waals surface area contributed by atoms with Crippen molar-refractivity contribution >= 4 is 11.1 Å². The third-order valence-electron chi connectivity index (χ3n) is 5.85. The first kappa shape index (κ1) is 19.5. The van der Waals surface area contributed by atoms with Gasteiger partial charge in [-0.25, -0.2) is 0 Å². The van der Waals surface area contributed by atoms with Gasteiger partial charge in [0.2, 0.25) is 0 Å². The summed E-state index contributed by atoms with van der Waals surface area (Å²) in [6, 6.07) is 24.5. The molecule has 0 aliphatic carbocycles. The van der Waals surface area contributed by atoms with Gasteiger partial charge in [-0.05, 0) is 71.7 Å². The van der Waals surface area contributed by atoms with Crippen LogP contribution in [-0.4, -0.2) is 6.61 Å². The number of hydrogen-bond donors (Lipinski definition) is 0. The molecule has 0 atom stereocenters. The first-order valence-electron chi connectivity index (χ1n) is 10.8. The van der Waals surface area contributed by atoms with E-state index in [1.165, 1.54) is 50.9 Å². The molecule has 0 spiro atoms. The normalized spacial score (nSPS) is 13.6. The molecule has 3 aromatic carbocycles. The van der Waals surface area contributed by atoms with Crippen molar-refractivity contribution in [2.24, 2.45) is 0 Å². The van der Waals surface area contributed by atoms with Gasteiger partial charge in [-0.2, -0.15) is 0 Å². The van der Waals surface area contributed by atoms with Crippen LogP contribution in [0.3, 0.4) is 0 Å². The highest BCUT2D eigenvalue weighted by Crippen LogP contribution is 2.40. The molecule has 0 unspecified atom stereocenters. The maximum absolute atomic E-state index is 6.20. The Hall–Kier alpha value is -2.80. The molecule has 1 heterocycles. The topological polar surface area (TPSA) is 9.23 Å². The highest BCUT2D eigenvalue weighted by molar-refractivity contribution is 5.94. The molecule has 3 aromatic rings.